The van der Waals surface area contributed by atoms with Crippen molar-refractivity contribution in [2.75, 3.05) is 0 Å². The van der Waals surface area contributed by atoms with Gasteiger partial charge in [-0.05, 0) is 12.5 Å². The average molecular weight is 219 g/mol. The van der Waals surface area contributed by atoms with Gasteiger partial charge in [-0.25, -0.2) is 0 Å². The molecule has 0 aliphatic rings. The highest BCUT2D eigenvalue weighted by atomic mass is 32.2. The van der Waals surface area contributed by atoms with Crippen LogP contribution in [0.15, 0.2) is 35.7 Å². The van der Waals surface area contributed by atoms with Crippen LogP contribution in [0.5, 0.6) is 0 Å². The van der Waals surface area contributed by atoms with Crippen LogP contribution in [0, 0.1) is 6.92 Å². The van der Waals surface area contributed by atoms with Crippen molar-refractivity contribution in [2.24, 2.45) is 7.05 Å². The molecule has 0 aliphatic heterocycles. The van der Waals surface area contributed by atoms with E-state index in [1.54, 1.807) is 18.1 Å². The van der Waals surface area contributed by atoms with Gasteiger partial charge in [0.15, 0.2) is 5.16 Å². The highest BCUT2D eigenvalue weighted by Gasteiger charge is 2.01. The molecule has 0 bridgehead atoms. The molecule has 0 N–H and O–H groups in total. The van der Waals surface area contributed by atoms with E-state index in [0.29, 0.717) is 0 Å². The summed E-state index contributed by atoms with van der Waals surface area (Å²) in [7, 11) is 1.96. The lowest BCUT2D eigenvalue weighted by Gasteiger charge is -2.01. The van der Waals surface area contributed by atoms with E-state index in [1.165, 1.54) is 11.1 Å². The van der Waals surface area contributed by atoms with Crippen LogP contribution in [-0.4, -0.2) is 14.8 Å². The maximum absolute atomic E-state index is 4.02. The molecule has 2 rings (SSSR count). The van der Waals surface area contributed by atoms with Gasteiger partial charge in [0.1, 0.15) is 6.33 Å². The van der Waals surface area contributed by atoms with Crippen LogP contribution in [-0.2, 0) is 12.8 Å². The Hall–Kier alpha value is -1.29. The molecule has 1 aromatic carbocycles. The summed E-state index contributed by atoms with van der Waals surface area (Å²) >= 11 is 1.70. The first kappa shape index (κ1) is 10.2. The first-order valence-corrected chi connectivity index (χ1v) is 5.76. The van der Waals surface area contributed by atoms with Crippen molar-refractivity contribution in [2.45, 2.75) is 17.8 Å². The van der Waals surface area contributed by atoms with Crippen molar-refractivity contribution in [3.05, 3.63) is 41.7 Å². The number of rotatable bonds is 3. The van der Waals surface area contributed by atoms with Gasteiger partial charge >= 0.3 is 0 Å². The van der Waals surface area contributed by atoms with Crippen molar-refractivity contribution in [1.82, 2.24) is 14.8 Å². The summed E-state index contributed by atoms with van der Waals surface area (Å²) in [4.78, 5) is 0. The van der Waals surface area contributed by atoms with E-state index in [2.05, 4.69) is 41.4 Å². The monoisotopic (exact) mass is 219 g/mol. The van der Waals surface area contributed by atoms with Gasteiger partial charge in [0.05, 0.1) is 0 Å². The van der Waals surface area contributed by atoms with Crippen LogP contribution in [0.25, 0.3) is 0 Å². The fraction of sp³-hybridized carbons (Fsp3) is 0.273. The number of thioether (sulfide) groups is 1. The Bertz CT molecular complexity index is 433. The molecule has 1 aromatic heterocycles. The highest BCUT2D eigenvalue weighted by molar-refractivity contribution is 7.98. The zero-order chi connectivity index (χ0) is 10.7. The van der Waals surface area contributed by atoms with Crippen molar-refractivity contribution >= 4 is 11.8 Å². The lowest BCUT2D eigenvalue weighted by Crippen LogP contribution is -1.89. The second-order valence-corrected chi connectivity index (χ2v) is 4.44. The lowest BCUT2D eigenvalue weighted by molar-refractivity contribution is 0.788. The first-order chi connectivity index (χ1) is 7.25. The largest absolute Gasteiger partial charge is 0.312 e. The van der Waals surface area contributed by atoms with Gasteiger partial charge in [-0.2, -0.15) is 0 Å². The van der Waals surface area contributed by atoms with Gasteiger partial charge in [0.25, 0.3) is 0 Å². The molecule has 0 spiro atoms. The van der Waals surface area contributed by atoms with Crippen LogP contribution in [0.1, 0.15) is 11.1 Å². The molecule has 1 heterocycles. The van der Waals surface area contributed by atoms with Crippen LogP contribution >= 0.6 is 11.8 Å². The molecule has 4 heteroatoms. The minimum absolute atomic E-state index is 0.937. The molecule has 0 saturated heterocycles. The SMILES string of the molecule is Cc1ccc(CSc2nncn2C)cc1. The molecule has 15 heavy (non-hydrogen) atoms. The summed E-state index contributed by atoms with van der Waals surface area (Å²) < 4.78 is 1.93. The topological polar surface area (TPSA) is 30.7 Å². The number of aromatic nitrogens is 3. The van der Waals surface area contributed by atoms with E-state index >= 15 is 0 Å². The predicted octanol–water partition coefficient (Wildman–Crippen LogP) is 2.42. The third-order valence-corrected chi connectivity index (χ3v) is 3.26. The van der Waals surface area contributed by atoms with Gasteiger partial charge in [-0.1, -0.05) is 41.6 Å². The minimum atomic E-state index is 0.937. The van der Waals surface area contributed by atoms with Gasteiger partial charge in [0.2, 0.25) is 0 Å². The average Bonchev–Trinajstić information content (AvgIpc) is 2.63. The Morgan fingerprint density at radius 3 is 2.60 bits per heavy atom. The Morgan fingerprint density at radius 2 is 2.00 bits per heavy atom. The van der Waals surface area contributed by atoms with Gasteiger partial charge in [-0.3, -0.25) is 0 Å². The van der Waals surface area contributed by atoms with Crippen LogP contribution in [0.3, 0.4) is 0 Å². The Morgan fingerprint density at radius 1 is 1.27 bits per heavy atom. The number of benzene rings is 1. The number of hydrogen-bond donors (Lipinski definition) is 0. The molecule has 3 nitrogen and oxygen atoms in total. The number of nitrogens with zero attached hydrogens (tertiary/aromatic N) is 3. The molecular weight excluding hydrogens is 206 g/mol. The maximum atomic E-state index is 4.02. The summed E-state index contributed by atoms with van der Waals surface area (Å²) in [6, 6.07) is 8.57. The van der Waals surface area contributed by atoms with Crippen LogP contribution in [0.2, 0.25) is 0 Å². The number of aryl methyl sites for hydroxylation is 2. The molecule has 0 aliphatic carbocycles. The zero-order valence-corrected chi connectivity index (χ0v) is 9.66. The van der Waals surface area contributed by atoms with Crippen molar-refractivity contribution in [3.63, 3.8) is 0 Å². The molecule has 0 atom stereocenters. The van der Waals surface area contributed by atoms with Crippen molar-refractivity contribution in [3.8, 4) is 0 Å². The molecular formula is C11H13N3S. The predicted molar refractivity (Wildman–Crippen MR) is 61.7 cm³/mol. The molecule has 0 saturated carbocycles. The molecule has 2 aromatic rings. The van der Waals surface area contributed by atoms with Gasteiger partial charge in [0, 0.05) is 12.8 Å². The second-order valence-electron chi connectivity index (χ2n) is 3.50. The first-order valence-electron chi connectivity index (χ1n) is 4.78. The van der Waals surface area contributed by atoms with E-state index in [4.69, 9.17) is 0 Å². The number of hydrogen-bond acceptors (Lipinski definition) is 3. The third kappa shape index (κ3) is 2.59. The lowest BCUT2D eigenvalue weighted by atomic mass is 10.2. The Kier molecular flexibility index (Phi) is 3.06. The second kappa shape index (κ2) is 4.49. The summed E-state index contributed by atoms with van der Waals surface area (Å²) in [6.45, 7) is 2.10. The van der Waals surface area contributed by atoms with E-state index in [0.717, 1.165) is 10.9 Å². The summed E-state index contributed by atoms with van der Waals surface area (Å²) in [5.74, 6) is 0.937. The molecule has 78 valence electrons. The Balaban J connectivity index is 1.99. The van der Waals surface area contributed by atoms with Gasteiger partial charge in [-0.15, -0.1) is 10.2 Å². The maximum Gasteiger partial charge on any atom is 0.191 e. The summed E-state index contributed by atoms with van der Waals surface area (Å²) in [6.07, 6.45) is 1.72. The molecule has 0 amide bonds. The van der Waals surface area contributed by atoms with E-state index < -0.39 is 0 Å². The normalized spacial score (nSPS) is 10.5. The Labute approximate surface area is 93.5 Å². The molecule has 0 fully saturated rings. The van der Waals surface area contributed by atoms with Crippen molar-refractivity contribution in [1.29, 1.82) is 0 Å². The van der Waals surface area contributed by atoms with Crippen molar-refractivity contribution < 1.29 is 0 Å². The van der Waals surface area contributed by atoms with E-state index in [9.17, 15) is 0 Å². The quantitative estimate of drug-likeness (QED) is 0.743. The minimum Gasteiger partial charge on any atom is -0.312 e. The van der Waals surface area contributed by atoms with Crippen LogP contribution in [0.4, 0.5) is 0 Å². The van der Waals surface area contributed by atoms with Gasteiger partial charge < -0.3 is 4.57 Å². The molecule has 0 radical (unpaired) electrons. The fourth-order valence-corrected chi connectivity index (χ4v) is 2.08. The van der Waals surface area contributed by atoms with E-state index in [-0.39, 0.29) is 0 Å². The molecule has 0 unspecified atom stereocenters. The summed E-state index contributed by atoms with van der Waals surface area (Å²) in [5.41, 5.74) is 2.61. The smallest absolute Gasteiger partial charge is 0.191 e. The van der Waals surface area contributed by atoms with E-state index in [1.807, 2.05) is 11.6 Å². The zero-order valence-electron chi connectivity index (χ0n) is 8.84. The summed E-state index contributed by atoms with van der Waals surface area (Å²) in [5, 5.41) is 8.82. The highest BCUT2D eigenvalue weighted by Crippen LogP contribution is 2.19. The third-order valence-electron chi connectivity index (χ3n) is 2.16. The standard InChI is InChI=1S/C11H13N3S/c1-9-3-5-10(6-4-9)7-15-11-13-12-8-14(11)2/h3-6,8H,7H2,1-2H3. The fourth-order valence-electron chi connectivity index (χ4n) is 1.24. The van der Waals surface area contributed by atoms with Crippen LogP contribution < -0.4 is 0 Å².